The first-order chi connectivity index (χ1) is 17.2. The molecule has 0 spiro atoms. The maximum Gasteiger partial charge on any atom is 0.234 e. The molecule has 0 aliphatic carbocycles. The normalized spacial score (nSPS) is 13.6. The summed E-state index contributed by atoms with van der Waals surface area (Å²) < 4.78 is 7.54. The van der Waals surface area contributed by atoms with Gasteiger partial charge in [-0.2, -0.15) is 0 Å². The van der Waals surface area contributed by atoms with Crippen LogP contribution in [0.3, 0.4) is 0 Å². The van der Waals surface area contributed by atoms with E-state index >= 15 is 0 Å². The average Bonchev–Trinajstić information content (AvgIpc) is 3.33. The van der Waals surface area contributed by atoms with Gasteiger partial charge < -0.3 is 15.0 Å². The van der Waals surface area contributed by atoms with Gasteiger partial charge >= 0.3 is 0 Å². The van der Waals surface area contributed by atoms with E-state index in [9.17, 15) is 4.79 Å². The fourth-order valence-electron chi connectivity index (χ4n) is 4.02. The number of ether oxygens (including phenoxy) is 1. The Hall–Kier alpha value is -3.62. The van der Waals surface area contributed by atoms with Crippen molar-refractivity contribution in [2.75, 3.05) is 42.3 Å². The molecule has 0 bridgehead atoms. The highest BCUT2D eigenvalue weighted by atomic mass is 32.2. The van der Waals surface area contributed by atoms with Gasteiger partial charge in [0.1, 0.15) is 0 Å². The lowest BCUT2D eigenvalue weighted by molar-refractivity contribution is -0.113. The van der Waals surface area contributed by atoms with E-state index in [1.54, 1.807) is 0 Å². The van der Waals surface area contributed by atoms with E-state index < -0.39 is 0 Å². The molecule has 1 aliphatic heterocycles. The van der Waals surface area contributed by atoms with Crippen LogP contribution in [0.15, 0.2) is 84.0 Å². The topological polar surface area (TPSA) is 72.3 Å². The summed E-state index contributed by atoms with van der Waals surface area (Å²) in [5.74, 6) is 0.917. The number of aryl methyl sites for hydroxylation is 1. The van der Waals surface area contributed by atoms with Crippen molar-refractivity contribution >= 4 is 29.3 Å². The first-order valence-corrected chi connectivity index (χ1v) is 12.6. The average molecular weight is 486 g/mol. The predicted molar refractivity (Wildman–Crippen MR) is 140 cm³/mol. The maximum atomic E-state index is 12.7. The quantitative estimate of drug-likeness (QED) is 0.379. The van der Waals surface area contributed by atoms with Crippen molar-refractivity contribution in [3.8, 4) is 16.8 Å². The Morgan fingerprint density at radius 3 is 2.43 bits per heavy atom. The fourth-order valence-corrected chi connectivity index (χ4v) is 4.77. The molecule has 178 valence electrons. The number of morpholine rings is 1. The molecule has 8 heteroatoms. The molecular weight excluding hydrogens is 458 g/mol. The van der Waals surface area contributed by atoms with Crippen LogP contribution < -0.4 is 10.2 Å². The summed E-state index contributed by atoms with van der Waals surface area (Å²) in [5, 5.41) is 12.6. The Balaban J connectivity index is 1.29. The summed E-state index contributed by atoms with van der Waals surface area (Å²) in [5.41, 5.74) is 5.16. The summed E-state index contributed by atoms with van der Waals surface area (Å²) >= 11 is 1.38. The first kappa shape index (κ1) is 23.1. The monoisotopic (exact) mass is 485 g/mol. The van der Waals surface area contributed by atoms with Gasteiger partial charge in [0.25, 0.3) is 0 Å². The van der Waals surface area contributed by atoms with Gasteiger partial charge in [0.2, 0.25) is 11.9 Å². The van der Waals surface area contributed by atoms with Crippen LogP contribution in [0.5, 0.6) is 0 Å². The molecule has 1 aliphatic rings. The second kappa shape index (κ2) is 10.8. The molecule has 0 atom stereocenters. The van der Waals surface area contributed by atoms with Crippen LogP contribution in [0.1, 0.15) is 5.56 Å². The van der Waals surface area contributed by atoms with E-state index in [1.165, 1.54) is 11.8 Å². The smallest absolute Gasteiger partial charge is 0.234 e. The lowest BCUT2D eigenvalue weighted by Crippen LogP contribution is -2.37. The Labute approximate surface area is 209 Å². The van der Waals surface area contributed by atoms with Gasteiger partial charge in [0, 0.05) is 18.8 Å². The molecule has 0 unspecified atom stereocenters. The molecule has 3 aromatic carbocycles. The van der Waals surface area contributed by atoms with E-state index in [0.29, 0.717) is 18.4 Å². The number of hydrogen-bond acceptors (Lipinski definition) is 6. The van der Waals surface area contributed by atoms with E-state index in [2.05, 4.69) is 51.6 Å². The third-order valence-corrected chi connectivity index (χ3v) is 6.71. The van der Waals surface area contributed by atoms with Crippen LogP contribution in [-0.2, 0) is 9.53 Å². The SMILES string of the molecule is Cc1cccc(-n2c(SCC(=O)Nc3ccc(-c4ccccc4)cc3)nnc2N2CCOCC2)c1. The third kappa shape index (κ3) is 5.55. The summed E-state index contributed by atoms with van der Waals surface area (Å²) in [6.45, 7) is 4.90. The van der Waals surface area contributed by atoms with Crippen molar-refractivity contribution in [1.29, 1.82) is 0 Å². The maximum absolute atomic E-state index is 12.7. The first-order valence-electron chi connectivity index (χ1n) is 11.6. The van der Waals surface area contributed by atoms with Crippen LogP contribution in [-0.4, -0.2) is 52.7 Å². The summed E-state index contributed by atoms with van der Waals surface area (Å²) in [6, 6.07) is 26.3. The molecule has 4 aromatic rings. The predicted octanol–water partition coefficient (Wildman–Crippen LogP) is 4.81. The zero-order valence-electron chi connectivity index (χ0n) is 19.6. The number of aromatic nitrogens is 3. The minimum absolute atomic E-state index is 0.0887. The Kier molecular flexibility index (Phi) is 7.11. The van der Waals surface area contributed by atoms with Crippen LogP contribution in [0.25, 0.3) is 16.8 Å². The van der Waals surface area contributed by atoms with Gasteiger partial charge in [0.05, 0.1) is 24.7 Å². The lowest BCUT2D eigenvalue weighted by atomic mass is 10.1. The molecule has 0 saturated carbocycles. The number of nitrogens with one attached hydrogen (secondary N) is 1. The molecule has 1 fully saturated rings. The Morgan fingerprint density at radius 2 is 1.69 bits per heavy atom. The van der Waals surface area contributed by atoms with Gasteiger partial charge in [-0.05, 0) is 47.9 Å². The van der Waals surface area contributed by atoms with Crippen molar-refractivity contribution in [1.82, 2.24) is 14.8 Å². The third-order valence-electron chi connectivity index (χ3n) is 5.78. The molecular formula is C27H27N5O2S. The highest BCUT2D eigenvalue weighted by Crippen LogP contribution is 2.28. The van der Waals surface area contributed by atoms with Gasteiger partial charge in [-0.1, -0.05) is 66.4 Å². The van der Waals surface area contributed by atoms with Crippen molar-refractivity contribution in [3.05, 3.63) is 84.4 Å². The second-order valence-corrected chi connectivity index (χ2v) is 9.28. The Bertz CT molecular complexity index is 1280. The molecule has 2 heterocycles. The number of nitrogens with zero attached hydrogens (tertiary/aromatic N) is 4. The van der Waals surface area contributed by atoms with Gasteiger partial charge in [0.15, 0.2) is 5.16 Å². The minimum Gasteiger partial charge on any atom is -0.378 e. The number of carbonyl (C=O) groups excluding carboxylic acids is 1. The summed E-state index contributed by atoms with van der Waals surface area (Å²) in [6.07, 6.45) is 0. The van der Waals surface area contributed by atoms with Crippen LogP contribution >= 0.6 is 11.8 Å². The van der Waals surface area contributed by atoms with Crippen LogP contribution in [0, 0.1) is 6.92 Å². The number of thioether (sulfide) groups is 1. The van der Waals surface area contributed by atoms with Crippen LogP contribution in [0.2, 0.25) is 0 Å². The molecule has 1 saturated heterocycles. The molecule has 35 heavy (non-hydrogen) atoms. The standard InChI is InChI=1S/C27H27N5O2S/c1-20-6-5-9-24(18-20)32-26(31-14-16-34-17-15-31)29-30-27(32)35-19-25(33)28-23-12-10-22(11-13-23)21-7-3-2-4-8-21/h2-13,18H,14-17,19H2,1H3,(H,28,33). The second-order valence-electron chi connectivity index (χ2n) is 8.34. The Morgan fingerprint density at radius 1 is 0.943 bits per heavy atom. The summed E-state index contributed by atoms with van der Waals surface area (Å²) in [4.78, 5) is 14.9. The van der Waals surface area contributed by atoms with E-state index in [1.807, 2.05) is 59.2 Å². The number of rotatable bonds is 7. The van der Waals surface area contributed by atoms with Gasteiger partial charge in [-0.15, -0.1) is 10.2 Å². The highest BCUT2D eigenvalue weighted by molar-refractivity contribution is 7.99. The molecule has 1 N–H and O–H groups in total. The molecule has 1 aromatic heterocycles. The van der Waals surface area contributed by atoms with Crippen molar-refractivity contribution in [2.24, 2.45) is 0 Å². The zero-order chi connectivity index (χ0) is 24.0. The number of benzene rings is 3. The minimum atomic E-state index is -0.0887. The van der Waals surface area contributed by atoms with E-state index in [-0.39, 0.29) is 11.7 Å². The lowest BCUT2D eigenvalue weighted by Gasteiger charge is -2.28. The van der Waals surface area contributed by atoms with E-state index in [0.717, 1.165) is 47.1 Å². The number of carbonyl (C=O) groups is 1. The number of anilines is 2. The van der Waals surface area contributed by atoms with E-state index in [4.69, 9.17) is 4.74 Å². The van der Waals surface area contributed by atoms with Crippen molar-refractivity contribution in [2.45, 2.75) is 12.1 Å². The molecule has 0 radical (unpaired) electrons. The number of hydrogen-bond donors (Lipinski definition) is 1. The molecule has 7 nitrogen and oxygen atoms in total. The fraction of sp³-hybridized carbons (Fsp3) is 0.222. The largest absolute Gasteiger partial charge is 0.378 e. The molecule has 1 amide bonds. The zero-order valence-corrected chi connectivity index (χ0v) is 20.4. The van der Waals surface area contributed by atoms with Gasteiger partial charge in [-0.3, -0.25) is 9.36 Å². The van der Waals surface area contributed by atoms with Crippen LogP contribution in [0.4, 0.5) is 11.6 Å². The van der Waals surface area contributed by atoms with Crippen molar-refractivity contribution in [3.63, 3.8) is 0 Å². The highest BCUT2D eigenvalue weighted by Gasteiger charge is 2.22. The van der Waals surface area contributed by atoms with Gasteiger partial charge in [-0.25, -0.2) is 0 Å². The molecule has 5 rings (SSSR count). The van der Waals surface area contributed by atoms with Crippen molar-refractivity contribution < 1.29 is 9.53 Å². The number of amides is 1. The summed E-state index contributed by atoms with van der Waals surface area (Å²) in [7, 11) is 0.